The lowest BCUT2D eigenvalue weighted by Gasteiger charge is -2.45. The van der Waals surface area contributed by atoms with Crippen LogP contribution in [-0.4, -0.2) is 37.4 Å². The molecule has 1 aliphatic heterocycles. The average Bonchev–Trinajstić information content (AvgIpc) is 1.89. The summed E-state index contributed by atoms with van der Waals surface area (Å²) >= 11 is 0. The monoisotopic (exact) mass is 144 g/mol. The first-order chi connectivity index (χ1) is 4.77. The molecule has 3 heteroatoms. The maximum Gasteiger partial charge on any atom is 0.0911 e. The Kier molecular flexibility index (Phi) is 2.65. The van der Waals surface area contributed by atoms with Crippen molar-refractivity contribution >= 4 is 0 Å². The van der Waals surface area contributed by atoms with Crippen molar-refractivity contribution in [2.75, 3.05) is 32.7 Å². The second kappa shape index (κ2) is 3.32. The number of hydrogen-bond acceptors (Lipinski definition) is 2. The first-order valence-corrected chi connectivity index (χ1v) is 4.05. The molecule has 0 aromatic carbocycles. The van der Waals surface area contributed by atoms with Crippen molar-refractivity contribution in [3.8, 4) is 0 Å². The summed E-state index contributed by atoms with van der Waals surface area (Å²) in [6.45, 7) is 6.16. The van der Waals surface area contributed by atoms with Crippen LogP contribution in [0.2, 0.25) is 0 Å². The van der Waals surface area contributed by atoms with Crippen molar-refractivity contribution in [2.45, 2.75) is 13.3 Å². The van der Waals surface area contributed by atoms with Crippen LogP contribution < -0.4 is 5.32 Å². The molecule has 1 N–H and O–H groups in total. The number of quaternary nitrogens is 1. The molecule has 1 heterocycles. The number of hydrogen-bond donors (Lipinski definition) is 1. The van der Waals surface area contributed by atoms with Crippen molar-refractivity contribution in [3.63, 3.8) is 0 Å². The highest BCUT2D eigenvalue weighted by Gasteiger charge is 2.18. The topological polar surface area (TPSA) is 35.1 Å². The summed E-state index contributed by atoms with van der Waals surface area (Å²) < 4.78 is 0.0312. The van der Waals surface area contributed by atoms with E-state index in [1.54, 1.807) is 0 Å². The zero-order valence-electron chi connectivity index (χ0n) is 6.60. The van der Waals surface area contributed by atoms with Gasteiger partial charge in [0, 0.05) is 13.1 Å². The van der Waals surface area contributed by atoms with E-state index in [4.69, 9.17) is 0 Å². The van der Waals surface area contributed by atoms with Crippen molar-refractivity contribution in [3.05, 3.63) is 5.21 Å². The fourth-order valence-electron chi connectivity index (χ4n) is 1.43. The van der Waals surface area contributed by atoms with E-state index in [9.17, 15) is 5.21 Å². The van der Waals surface area contributed by atoms with Crippen LogP contribution in [-0.2, 0) is 0 Å². The van der Waals surface area contributed by atoms with Crippen LogP contribution in [0.15, 0.2) is 0 Å². The number of nitrogens with zero attached hydrogens (tertiary/aromatic N) is 1. The zero-order valence-corrected chi connectivity index (χ0v) is 6.60. The van der Waals surface area contributed by atoms with Gasteiger partial charge in [0.15, 0.2) is 0 Å². The van der Waals surface area contributed by atoms with Gasteiger partial charge in [-0.3, -0.25) is 0 Å². The lowest BCUT2D eigenvalue weighted by molar-refractivity contribution is -0.882. The summed E-state index contributed by atoms with van der Waals surface area (Å²) in [4.78, 5) is 0. The second-order valence-electron chi connectivity index (χ2n) is 2.98. The third-order valence-corrected chi connectivity index (χ3v) is 2.02. The highest BCUT2D eigenvalue weighted by atomic mass is 16.5. The lowest BCUT2D eigenvalue weighted by Crippen LogP contribution is -2.54. The van der Waals surface area contributed by atoms with Gasteiger partial charge in [0.25, 0.3) is 0 Å². The first kappa shape index (κ1) is 7.98. The van der Waals surface area contributed by atoms with Crippen LogP contribution in [0.25, 0.3) is 0 Å². The Morgan fingerprint density at radius 1 is 1.40 bits per heavy atom. The quantitative estimate of drug-likeness (QED) is 0.447. The van der Waals surface area contributed by atoms with E-state index in [1.165, 1.54) is 0 Å². The minimum atomic E-state index is 0.0312. The summed E-state index contributed by atoms with van der Waals surface area (Å²) in [7, 11) is 0. The molecule has 0 bridgehead atoms. The number of rotatable bonds is 2. The number of piperazine rings is 1. The lowest BCUT2D eigenvalue weighted by atomic mass is 10.3. The fourth-order valence-corrected chi connectivity index (χ4v) is 1.43. The van der Waals surface area contributed by atoms with Crippen molar-refractivity contribution in [2.24, 2.45) is 0 Å². The summed E-state index contributed by atoms with van der Waals surface area (Å²) in [6, 6.07) is 0. The molecule has 1 aliphatic rings. The zero-order chi connectivity index (χ0) is 7.45. The minimum absolute atomic E-state index is 0.0312. The normalized spacial score (nSPS) is 24.6. The molecule has 0 atom stereocenters. The SMILES string of the molecule is CCC[N+]1([O-])CCNCC1. The third-order valence-electron chi connectivity index (χ3n) is 2.02. The highest BCUT2D eigenvalue weighted by molar-refractivity contribution is 4.56. The van der Waals surface area contributed by atoms with E-state index in [0.29, 0.717) is 0 Å². The van der Waals surface area contributed by atoms with Gasteiger partial charge in [-0.1, -0.05) is 6.92 Å². The smallest absolute Gasteiger partial charge is 0.0911 e. The van der Waals surface area contributed by atoms with Crippen LogP contribution in [0.5, 0.6) is 0 Å². The predicted molar refractivity (Wildman–Crippen MR) is 41.4 cm³/mol. The first-order valence-electron chi connectivity index (χ1n) is 4.05. The molecule has 0 aromatic heterocycles. The second-order valence-corrected chi connectivity index (χ2v) is 2.98. The molecular formula is C7H16N2O. The van der Waals surface area contributed by atoms with Crippen LogP contribution in [0, 0.1) is 5.21 Å². The Morgan fingerprint density at radius 2 is 2.00 bits per heavy atom. The van der Waals surface area contributed by atoms with E-state index in [-0.39, 0.29) is 4.65 Å². The Balaban J connectivity index is 2.32. The Morgan fingerprint density at radius 3 is 2.50 bits per heavy atom. The van der Waals surface area contributed by atoms with Gasteiger partial charge in [-0.25, -0.2) is 0 Å². The van der Waals surface area contributed by atoms with Gasteiger partial charge in [0.05, 0.1) is 19.6 Å². The summed E-state index contributed by atoms with van der Waals surface area (Å²) in [6.07, 6.45) is 1.00. The maximum atomic E-state index is 11.6. The molecule has 1 saturated heterocycles. The van der Waals surface area contributed by atoms with Gasteiger partial charge < -0.3 is 15.2 Å². The van der Waals surface area contributed by atoms with Crippen LogP contribution >= 0.6 is 0 Å². The van der Waals surface area contributed by atoms with Gasteiger partial charge in [-0.05, 0) is 6.42 Å². The molecule has 10 heavy (non-hydrogen) atoms. The average molecular weight is 144 g/mol. The minimum Gasteiger partial charge on any atom is -0.633 e. The van der Waals surface area contributed by atoms with E-state index in [1.807, 2.05) is 0 Å². The van der Waals surface area contributed by atoms with Gasteiger partial charge >= 0.3 is 0 Å². The molecule has 0 radical (unpaired) electrons. The van der Waals surface area contributed by atoms with Gasteiger partial charge in [-0.15, -0.1) is 0 Å². The molecular weight excluding hydrogens is 128 g/mol. The van der Waals surface area contributed by atoms with Crippen LogP contribution in [0.1, 0.15) is 13.3 Å². The molecule has 1 fully saturated rings. The van der Waals surface area contributed by atoms with Crippen LogP contribution in [0.4, 0.5) is 0 Å². The van der Waals surface area contributed by atoms with Gasteiger partial charge in [0.1, 0.15) is 0 Å². The van der Waals surface area contributed by atoms with Crippen LogP contribution in [0.3, 0.4) is 0 Å². The predicted octanol–water partition coefficient (Wildman–Crippen LogP) is 0.314. The van der Waals surface area contributed by atoms with E-state index in [0.717, 1.165) is 39.1 Å². The van der Waals surface area contributed by atoms with E-state index < -0.39 is 0 Å². The largest absolute Gasteiger partial charge is 0.633 e. The Hall–Kier alpha value is -0.120. The van der Waals surface area contributed by atoms with Crippen molar-refractivity contribution < 1.29 is 4.65 Å². The van der Waals surface area contributed by atoms with E-state index in [2.05, 4.69) is 12.2 Å². The van der Waals surface area contributed by atoms with E-state index >= 15 is 0 Å². The molecule has 0 amide bonds. The Labute approximate surface area is 62.2 Å². The van der Waals surface area contributed by atoms with Crippen molar-refractivity contribution in [1.82, 2.24) is 5.32 Å². The fraction of sp³-hybridized carbons (Fsp3) is 1.00. The summed E-state index contributed by atoms with van der Waals surface area (Å²) in [5.41, 5.74) is 0. The molecule has 0 aromatic rings. The molecule has 0 spiro atoms. The molecule has 3 nitrogen and oxygen atoms in total. The Bertz CT molecular complexity index is 94.3. The summed E-state index contributed by atoms with van der Waals surface area (Å²) in [5, 5.41) is 14.8. The summed E-state index contributed by atoms with van der Waals surface area (Å²) in [5.74, 6) is 0. The standard InChI is InChI=1S/C7H16N2O/c1-2-5-9(10)6-3-8-4-7-9/h8H,2-7H2,1H3. The van der Waals surface area contributed by atoms with Gasteiger partial charge in [-0.2, -0.15) is 0 Å². The molecule has 0 aliphatic carbocycles. The molecule has 60 valence electrons. The van der Waals surface area contributed by atoms with Gasteiger partial charge in [0.2, 0.25) is 0 Å². The highest BCUT2D eigenvalue weighted by Crippen LogP contribution is 2.06. The molecule has 0 unspecified atom stereocenters. The maximum absolute atomic E-state index is 11.6. The number of nitrogens with one attached hydrogen (secondary N) is 1. The molecule has 1 rings (SSSR count). The van der Waals surface area contributed by atoms with Crippen molar-refractivity contribution in [1.29, 1.82) is 0 Å². The third kappa shape index (κ3) is 1.94. The molecule has 0 saturated carbocycles. The number of hydroxylamine groups is 3.